The van der Waals surface area contributed by atoms with Crippen LogP contribution < -0.4 is 5.32 Å². The number of amides is 1. The summed E-state index contributed by atoms with van der Waals surface area (Å²) in [5, 5.41) is 3.25. The van der Waals surface area contributed by atoms with Gasteiger partial charge in [0.05, 0.1) is 6.42 Å². The molecule has 0 saturated carbocycles. The van der Waals surface area contributed by atoms with Crippen LogP contribution in [0, 0.1) is 5.82 Å². The van der Waals surface area contributed by atoms with Crippen molar-refractivity contribution in [2.75, 3.05) is 5.32 Å². The smallest absolute Gasteiger partial charge is 0.311 e. The van der Waals surface area contributed by atoms with Gasteiger partial charge in [-0.25, -0.2) is 4.39 Å². The molecule has 0 aliphatic heterocycles. The Morgan fingerprint density at radius 2 is 1.83 bits per heavy atom. The molecular formula is C17H14Cl2FNO3. The summed E-state index contributed by atoms with van der Waals surface area (Å²) in [6.07, 6.45) is -1.40. The molecule has 2 aromatic rings. The summed E-state index contributed by atoms with van der Waals surface area (Å²) in [7, 11) is 0. The van der Waals surface area contributed by atoms with Crippen LogP contribution in [-0.4, -0.2) is 18.0 Å². The molecule has 0 aliphatic rings. The second kappa shape index (κ2) is 8.13. The van der Waals surface area contributed by atoms with E-state index in [1.807, 2.05) is 0 Å². The van der Waals surface area contributed by atoms with Gasteiger partial charge in [0.2, 0.25) is 0 Å². The van der Waals surface area contributed by atoms with E-state index in [9.17, 15) is 14.0 Å². The average molecular weight is 370 g/mol. The Hall–Kier alpha value is -2.11. The number of rotatable bonds is 5. The van der Waals surface area contributed by atoms with Gasteiger partial charge in [0.25, 0.3) is 5.91 Å². The highest BCUT2D eigenvalue weighted by Crippen LogP contribution is 2.20. The third-order valence-corrected chi connectivity index (χ3v) is 3.78. The van der Waals surface area contributed by atoms with Crippen LogP contribution in [0.4, 0.5) is 10.1 Å². The van der Waals surface area contributed by atoms with Gasteiger partial charge in [0.1, 0.15) is 5.82 Å². The van der Waals surface area contributed by atoms with Crippen LogP contribution in [0.3, 0.4) is 0 Å². The van der Waals surface area contributed by atoms with Crippen molar-refractivity contribution in [1.29, 1.82) is 0 Å². The molecule has 2 rings (SSSR count). The summed E-state index contributed by atoms with van der Waals surface area (Å²) in [6.45, 7) is 1.42. The molecule has 24 heavy (non-hydrogen) atoms. The maximum atomic E-state index is 13.6. The molecule has 0 spiro atoms. The van der Waals surface area contributed by atoms with E-state index >= 15 is 0 Å². The normalized spacial score (nSPS) is 11.7. The molecule has 0 aliphatic carbocycles. The number of ether oxygens (including phenoxy) is 1. The molecule has 0 saturated heterocycles. The summed E-state index contributed by atoms with van der Waals surface area (Å²) in [5.74, 6) is -1.86. The molecule has 126 valence electrons. The Labute approximate surface area is 148 Å². The van der Waals surface area contributed by atoms with Gasteiger partial charge in [0, 0.05) is 21.3 Å². The fourth-order valence-electron chi connectivity index (χ4n) is 1.92. The first-order valence-electron chi connectivity index (χ1n) is 7.05. The lowest BCUT2D eigenvalue weighted by Crippen LogP contribution is -2.30. The first-order valence-corrected chi connectivity index (χ1v) is 7.81. The van der Waals surface area contributed by atoms with Crippen molar-refractivity contribution in [3.63, 3.8) is 0 Å². The van der Waals surface area contributed by atoms with Gasteiger partial charge in [-0.2, -0.15) is 0 Å². The van der Waals surface area contributed by atoms with Crippen LogP contribution in [0.2, 0.25) is 10.0 Å². The summed E-state index contributed by atoms with van der Waals surface area (Å²) in [4.78, 5) is 23.9. The van der Waals surface area contributed by atoms with Gasteiger partial charge >= 0.3 is 5.97 Å². The van der Waals surface area contributed by atoms with Crippen molar-refractivity contribution >= 4 is 40.8 Å². The van der Waals surface area contributed by atoms with E-state index in [2.05, 4.69) is 5.32 Å². The minimum atomic E-state index is -1.04. The number of carbonyl (C=O) groups excluding carboxylic acids is 2. The van der Waals surface area contributed by atoms with E-state index in [1.165, 1.54) is 25.1 Å². The second-order valence-electron chi connectivity index (χ2n) is 5.01. The Morgan fingerprint density at radius 3 is 2.46 bits per heavy atom. The summed E-state index contributed by atoms with van der Waals surface area (Å²) >= 11 is 11.6. The lowest BCUT2D eigenvalue weighted by molar-refractivity contribution is -0.152. The highest BCUT2D eigenvalue weighted by molar-refractivity contribution is 6.31. The predicted octanol–water partition coefficient (Wildman–Crippen LogP) is 4.25. The molecule has 1 amide bonds. The lowest BCUT2D eigenvalue weighted by Gasteiger charge is -2.14. The molecule has 0 unspecified atom stereocenters. The van der Waals surface area contributed by atoms with Crippen LogP contribution in [0.25, 0.3) is 0 Å². The van der Waals surface area contributed by atoms with Crippen LogP contribution >= 0.6 is 23.2 Å². The van der Waals surface area contributed by atoms with Crippen molar-refractivity contribution < 1.29 is 18.7 Å². The number of hydrogen-bond donors (Lipinski definition) is 1. The summed E-state index contributed by atoms with van der Waals surface area (Å²) in [6, 6.07) is 10.6. The SMILES string of the molecule is C[C@H](OC(=O)Cc1c(F)cccc1Cl)C(=O)Nc1ccc(Cl)cc1. The van der Waals surface area contributed by atoms with E-state index in [1.54, 1.807) is 24.3 Å². The number of halogens is 3. The Morgan fingerprint density at radius 1 is 1.17 bits per heavy atom. The van der Waals surface area contributed by atoms with Crippen LogP contribution in [0.5, 0.6) is 0 Å². The number of esters is 1. The van der Waals surface area contributed by atoms with E-state index in [0.717, 1.165) is 0 Å². The maximum Gasteiger partial charge on any atom is 0.311 e. The van der Waals surface area contributed by atoms with Gasteiger partial charge in [-0.15, -0.1) is 0 Å². The lowest BCUT2D eigenvalue weighted by atomic mass is 10.1. The molecule has 0 fully saturated rings. The van der Waals surface area contributed by atoms with Crippen molar-refractivity contribution in [2.24, 2.45) is 0 Å². The van der Waals surface area contributed by atoms with Crippen molar-refractivity contribution in [3.8, 4) is 0 Å². The molecule has 0 aromatic heterocycles. The van der Waals surface area contributed by atoms with E-state index in [0.29, 0.717) is 10.7 Å². The quantitative estimate of drug-likeness (QED) is 0.801. The standard InChI is InChI=1S/C17H14Cl2FNO3/c1-10(17(23)21-12-7-5-11(18)6-8-12)24-16(22)9-13-14(19)3-2-4-15(13)20/h2-8,10H,9H2,1H3,(H,21,23)/t10-/m0/s1. The first-order chi connectivity index (χ1) is 11.4. The maximum absolute atomic E-state index is 13.6. The third-order valence-electron chi connectivity index (χ3n) is 3.17. The van der Waals surface area contributed by atoms with Crippen LogP contribution in [0.1, 0.15) is 12.5 Å². The van der Waals surface area contributed by atoms with E-state index < -0.39 is 23.8 Å². The molecular weight excluding hydrogens is 356 g/mol. The second-order valence-corrected chi connectivity index (χ2v) is 5.85. The van der Waals surface area contributed by atoms with Gasteiger partial charge < -0.3 is 10.1 Å². The van der Waals surface area contributed by atoms with Crippen molar-refractivity contribution in [1.82, 2.24) is 0 Å². The van der Waals surface area contributed by atoms with Crippen LogP contribution in [-0.2, 0) is 20.7 Å². The average Bonchev–Trinajstić information content (AvgIpc) is 2.53. The van der Waals surface area contributed by atoms with Gasteiger partial charge in [-0.1, -0.05) is 29.3 Å². The molecule has 1 N–H and O–H groups in total. The van der Waals surface area contributed by atoms with Gasteiger partial charge in [-0.05, 0) is 43.3 Å². The highest BCUT2D eigenvalue weighted by atomic mass is 35.5. The fourth-order valence-corrected chi connectivity index (χ4v) is 2.27. The molecule has 2 aromatic carbocycles. The monoisotopic (exact) mass is 369 g/mol. The Bertz CT molecular complexity index is 730. The number of nitrogens with one attached hydrogen (secondary N) is 1. The molecule has 7 heteroatoms. The molecule has 0 radical (unpaired) electrons. The number of benzene rings is 2. The minimum absolute atomic E-state index is 0.0366. The summed E-state index contributed by atoms with van der Waals surface area (Å²) < 4.78 is 18.7. The molecule has 1 atom stereocenters. The Kier molecular flexibility index (Phi) is 6.17. The molecule has 0 heterocycles. The topological polar surface area (TPSA) is 55.4 Å². The van der Waals surface area contributed by atoms with E-state index in [-0.39, 0.29) is 17.0 Å². The van der Waals surface area contributed by atoms with Gasteiger partial charge in [-0.3, -0.25) is 9.59 Å². The van der Waals surface area contributed by atoms with Crippen molar-refractivity contribution in [2.45, 2.75) is 19.4 Å². The molecule has 0 bridgehead atoms. The largest absolute Gasteiger partial charge is 0.452 e. The third kappa shape index (κ3) is 4.94. The van der Waals surface area contributed by atoms with Crippen molar-refractivity contribution in [3.05, 3.63) is 63.9 Å². The van der Waals surface area contributed by atoms with Crippen LogP contribution in [0.15, 0.2) is 42.5 Å². The highest BCUT2D eigenvalue weighted by Gasteiger charge is 2.20. The Balaban J connectivity index is 1.93. The predicted molar refractivity (Wildman–Crippen MR) is 90.7 cm³/mol. The van der Waals surface area contributed by atoms with Gasteiger partial charge in [0.15, 0.2) is 6.10 Å². The number of hydrogen-bond acceptors (Lipinski definition) is 3. The minimum Gasteiger partial charge on any atom is -0.452 e. The number of anilines is 1. The molecule has 4 nitrogen and oxygen atoms in total. The zero-order valence-electron chi connectivity index (χ0n) is 12.7. The fraction of sp³-hybridized carbons (Fsp3) is 0.176. The zero-order chi connectivity index (χ0) is 17.7. The zero-order valence-corrected chi connectivity index (χ0v) is 14.2. The van der Waals surface area contributed by atoms with E-state index in [4.69, 9.17) is 27.9 Å². The number of carbonyl (C=O) groups is 2. The summed E-state index contributed by atoms with van der Waals surface area (Å²) in [5.41, 5.74) is 0.555. The first kappa shape index (κ1) is 18.2.